The number of benzene rings is 1. The van der Waals surface area contributed by atoms with E-state index in [0.717, 1.165) is 48.2 Å². The molecule has 0 saturated carbocycles. The van der Waals surface area contributed by atoms with Crippen LogP contribution in [0.15, 0.2) is 49.4 Å². The van der Waals surface area contributed by atoms with E-state index in [0.29, 0.717) is 39.8 Å². The van der Waals surface area contributed by atoms with Gasteiger partial charge in [-0.25, -0.2) is 15.0 Å². The molecule has 11 nitrogen and oxygen atoms in total. The Labute approximate surface area is 237 Å². The molecule has 40 heavy (non-hydrogen) atoms. The largest absolute Gasteiger partial charge is 0.494 e. The predicted octanol–water partition coefficient (Wildman–Crippen LogP) is 4.49. The maximum atomic E-state index is 12.4. The molecule has 1 aliphatic rings. The summed E-state index contributed by atoms with van der Waals surface area (Å²) in [6.45, 7) is 5.32. The fraction of sp³-hybridized carbons (Fsp3) is 0.321. The molecule has 208 valence electrons. The Kier molecular flexibility index (Phi) is 7.85. The van der Waals surface area contributed by atoms with E-state index < -0.39 is 0 Å². The first-order valence-corrected chi connectivity index (χ1v) is 13.3. The number of hydrogen-bond acceptors (Lipinski definition) is 9. The lowest BCUT2D eigenvalue weighted by molar-refractivity contribution is -0.111. The number of aromatic nitrogens is 5. The van der Waals surface area contributed by atoms with Crippen molar-refractivity contribution in [2.75, 3.05) is 49.8 Å². The van der Waals surface area contributed by atoms with Gasteiger partial charge in [-0.1, -0.05) is 18.2 Å². The smallest absolute Gasteiger partial charge is 0.247 e. The van der Waals surface area contributed by atoms with Crippen molar-refractivity contribution in [2.45, 2.75) is 18.9 Å². The Hall–Kier alpha value is -4.22. The van der Waals surface area contributed by atoms with Crippen LogP contribution in [0, 0.1) is 0 Å². The number of ether oxygens (including phenoxy) is 1. The van der Waals surface area contributed by atoms with E-state index in [1.807, 2.05) is 25.2 Å². The lowest BCUT2D eigenvalue weighted by atomic mass is 10.0. The number of carbonyl (C=O) groups is 1. The number of carbonyl (C=O) groups excluding carboxylic acids is 1. The number of aryl methyl sites for hydroxylation is 1. The van der Waals surface area contributed by atoms with E-state index >= 15 is 0 Å². The zero-order chi connectivity index (χ0) is 28.4. The maximum absolute atomic E-state index is 12.4. The van der Waals surface area contributed by atoms with Crippen LogP contribution in [0.1, 0.15) is 12.8 Å². The van der Waals surface area contributed by atoms with Crippen molar-refractivity contribution in [1.29, 1.82) is 0 Å². The van der Waals surface area contributed by atoms with Gasteiger partial charge in [-0.2, -0.15) is 5.10 Å². The van der Waals surface area contributed by atoms with E-state index in [2.05, 4.69) is 61.2 Å². The third kappa shape index (κ3) is 5.56. The highest BCUT2D eigenvalue weighted by Crippen LogP contribution is 2.40. The molecular formula is C28H32ClN9O2. The number of nitrogens with one attached hydrogen (secondary N) is 2. The first-order chi connectivity index (χ1) is 19.3. The molecule has 4 aromatic rings. The quantitative estimate of drug-likeness (QED) is 0.300. The second-order valence-electron chi connectivity index (χ2n) is 9.87. The summed E-state index contributed by atoms with van der Waals surface area (Å²) in [6, 6.07) is 6.21. The number of nitrogens with zero attached hydrogens (tertiary/aromatic N) is 7. The minimum absolute atomic E-state index is 0.302. The van der Waals surface area contributed by atoms with Crippen molar-refractivity contribution < 1.29 is 9.53 Å². The molecule has 12 heteroatoms. The van der Waals surface area contributed by atoms with E-state index in [1.54, 1.807) is 24.2 Å². The molecule has 0 aliphatic carbocycles. The first-order valence-electron chi connectivity index (χ1n) is 12.9. The van der Waals surface area contributed by atoms with Gasteiger partial charge in [0.05, 0.1) is 47.3 Å². The number of fused-ring (bicyclic) bond motifs is 1. The zero-order valence-electron chi connectivity index (χ0n) is 23.0. The SMILES string of the molecule is C=CC(=O)Nc1cc(Nc2ncc(Cl)c(-c3cnc4c(cnn4C)c3)n2)c(OC)cc1N1CCC(N(C)C)CC1. The molecule has 1 amide bonds. The van der Waals surface area contributed by atoms with E-state index in [-0.39, 0.29) is 5.91 Å². The summed E-state index contributed by atoms with van der Waals surface area (Å²) in [5.74, 6) is 0.591. The number of hydrogen-bond donors (Lipinski definition) is 2. The highest BCUT2D eigenvalue weighted by Gasteiger charge is 2.24. The normalized spacial score (nSPS) is 14.0. The number of pyridine rings is 1. The van der Waals surface area contributed by atoms with Gasteiger partial charge < -0.3 is 25.2 Å². The van der Waals surface area contributed by atoms with Gasteiger partial charge in [0.1, 0.15) is 5.75 Å². The van der Waals surface area contributed by atoms with Crippen LogP contribution >= 0.6 is 11.6 Å². The standard InChI is InChI=1S/C28H32ClN9O2/c1-6-25(39)33-21-12-22(24(40-5)13-23(21)38-9-7-19(8-10-38)36(2)3)34-28-31-16-20(29)26(35-28)17-11-18-15-32-37(4)27(18)30-14-17/h6,11-16,19H,1,7-10H2,2-5H3,(H,33,39)(H,31,34,35). The van der Waals surface area contributed by atoms with Crippen molar-refractivity contribution in [1.82, 2.24) is 29.6 Å². The topological polar surface area (TPSA) is 113 Å². The predicted molar refractivity (Wildman–Crippen MR) is 159 cm³/mol. The van der Waals surface area contributed by atoms with Gasteiger partial charge in [0, 0.05) is 49.4 Å². The van der Waals surface area contributed by atoms with Crippen LogP contribution in [-0.2, 0) is 11.8 Å². The van der Waals surface area contributed by atoms with E-state index in [1.165, 1.54) is 12.3 Å². The average molecular weight is 562 g/mol. The number of halogens is 1. The van der Waals surface area contributed by atoms with Crippen molar-refractivity contribution in [3.05, 3.63) is 54.5 Å². The van der Waals surface area contributed by atoms with Crippen LogP contribution in [0.5, 0.6) is 5.75 Å². The molecule has 0 unspecified atom stereocenters. The van der Waals surface area contributed by atoms with Crippen molar-refractivity contribution in [3.63, 3.8) is 0 Å². The van der Waals surface area contributed by atoms with Crippen LogP contribution in [0.2, 0.25) is 5.02 Å². The van der Waals surface area contributed by atoms with E-state index in [4.69, 9.17) is 16.3 Å². The van der Waals surface area contributed by atoms with Crippen molar-refractivity contribution in [3.8, 4) is 17.0 Å². The van der Waals surface area contributed by atoms with Gasteiger partial charge in [-0.3, -0.25) is 9.48 Å². The van der Waals surface area contributed by atoms with Crippen LogP contribution in [0.25, 0.3) is 22.3 Å². The second kappa shape index (κ2) is 11.5. The molecule has 0 bridgehead atoms. The van der Waals surface area contributed by atoms with Crippen LogP contribution < -0.4 is 20.3 Å². The molecule has 0 atom stereocenters. The Morgan fingerprint density at radius 3 is 2.62 bits per heavy atom. The summed E-state index contributed by atoms with van der Waals surface area (Å²) >= 11 is 6.49. The molecule has 1 aliphatic heterocycles. The van der Waals surface area contributed by atoms with Gasteiger partial charge in [0.15, 0.2) is 5.65 Å². The van der Waals surface area contributed by atoms with Crippen LogP contribution in [-0.4, -0.2) is 75.9 Å². The van der Waals surface area contributed by atoms with Crippen LogP contribution in [0.4, 0.5) is 23.0 Å². The highest BCUT2D eigenvalue weighted by atomic mass is 35.5. The lowest BCUT2D eigenvalue weighted by Gasteiger charge is -2.37. The minimum Gasteiger partial charge on any atom is -0.494 e. The molecule has 5 rings (SSSR count). The second-order valence-corrected chi connectivity index (χ2v) is 10.3. The Morgan fingerprint density at radius 1 is 1.15 bits per heavy atom. The van der Waals surface area contributed by atoms with E-state index in [9.17, 15) is 4.79 Å². The van der Waals surface area contributed by atoms with Gasteiger partial charge in [-0.15, -0.1) is 0 Å². The van der Waals surface area contributed by atoms with Gasteiger partial charge in [0.2, 0.25) is 11.9 Å². The van der Waals surface area contributed by atoms with Gasteiger partial charge >= 0.3 is 0 Å². The molecule has 0 spiro atoms. The Morgan fingerprint density at radius 2 is 1.93 bits per heavy atom. The highest BCUT2D eigenvalue weighted by molar-refractivity contribution is 6.33. The summed E-state index contributed by atoms with van der Waals surface area (Å²) < 4.78 is 7.46. The molecule has 4 heterocycles. The molecule has 1 aromatic carbocycles. The Balaban J connectivity index is 1.48. The third-order valence-corrected chi connectivity index (χ3v) is 7.41. The molecule has 1 fully saturated rings. The van der Waals surface area contributed by atoms with Crippen molar-refractivity contribution in [2.24, 2.45) is 7.05 Å². The molecule has 1 saturated heterocycles. The monoisotopic (exact) mass is 561 g/mol. The van der Waals surface area contributed by atoms with Crippen LogP contribution in [0.3, 0.4) is 0 Å². The third-order valence-electron chi connectivity index (χ3n) is 7.13. The minimum atomic E-state index is -0.302. The number of rotatable bonds is 8. The summed E-state index contributed by atoms with van der Waals surface area (Å²) in [4.78, 5) is 30.4. The van der Waals surface area contributed by atoms with Gasteiger partial charge in [0.25, 0.3) is 0 Å². The molecule has 0 radical (unpaired) electrons. The van der Waals surface area contributed by atoms with Gasteiger partial charge in [-0.05, 0) is 45.1 Å². The lowest BCUT2D eigenvalue weighted by Crippen LogP contribution is -2.42. The summed E-state index contributed by atoms with van der Waals surface area (Å²) in [5, 5.41) is 11.7. The Bertz CT molecular complexity index is 1560. The average Bonchev–Trinajstić information content (AvgIpc) is 3.33. The van der Waals surface area contributed by atoms with Crippen molar-refractivity contribution >= 4 is 51.6 Å². The number of anilines is 4. The fourth-order valence-electron chi connectivity index (χ4n) is 4.93. The number of piperidine rings is 1. The fourth-order valence-corrected chi connectivity index (χ4v) is 5.13. The summed E-state index contributed by atoms with van der Waals surface area (Å²) in [7, 11) is 7.66. The summed E-state index contributed by atoms with van der Waals surface area (Å²) in [5.41, 5.74) is 4.12. The first kappa shape index (κ1) is 27.4. The number of methoxy groups -OCH3 is 1. The number of amides is 1. The molecule has 3 aromatic heterocycles. The zero-order valence-corrected chi connectivity index (χ0v) is 23.7. The molecular weight excluding hydrogens is 530 g/mol. The maximum Gasteiger partial charge on any atom is 0.247 e. The molecule has 2 N–H and O–H groups in total. The summed E-state index contributed by atoms with van der Waals surface area (Å²) in [6.07, 6.45) is 8.28.